The number of pyridine rings is 1. The molecule has 0 fully saturated rings. The number of hydrogen-bond acceptors (Lipinski definition) is 5. The van der Waals surface area contributed by atoms with Gasteiger partial charge in [-0.2, -0.15) is 0 Å². The minimum Gasteiger partial charge on any atom is -0.396 e. The molecule has 0 aliphatic heterocycles. The van der Waals surface area contributed by atoms with Crippen molar-refractivity contribution in [2.24, 2.45) is 0 Å². The highest BCUT2D eigenvalue weighted by Crippen LogP contribution is 2.35. The monoisotopic (exact) mass is 365 g/mol. The van der Waals surface area contributed by atoms with Crippen molar-refractivity contribution in [2.75, 3.05) is 11.9 Å². The number of rotatable bonds is 5. The van der Waals surface area contributed by atoms with Crippen molar-refractivity contribution in [3.05, 3.63) is 55.7 Å². The number of aliphatic hydroxyl groups is 1. The van der Waals surface area contributed by atoms with E-state index in [9.17, 15) is 10.1 Å². The summed E-state index contributed by atoms with van der Waals surface area (Å²) in [6.45, 7) is 3.56. The molecule has 0 bridgehead atoms. The van der Waals surface area contributed by atoms with Crippen LogP contribution < -0.4 is 5.32 Å². The van der Waals surface area contributed by atoms with Crippen LogP contribution in [0, 0.1) is 24.0 Å². The first-order valence-electron chi connectivity index (χ1n) is 6.72. The molecule has 2 rings (SSSR count). The lowest BCUT2D eigenvalue weighted by atomic mass is 10.1. The summed E-state index contributed by atoms with van der Waals surface area (Å²) in [6, 6.07) is 7.35. The number of hydrogen-bond donors (Lipinski definition) is 2. The molecule has 1 aromatic carbocycles. The van der Waals surface area contributed by atoms with Gasteiger partial charge >= 0.3 is 5.69 Å². The Morgan fingerprint density at radius 2 is 1.95 bits per heavy atom. The van der Waals surface area contributed by atoms with E-state index < -0.39 is 4.92 Å². The lowest BCUT2D eigenvalue weighted by Crippen LogP contribution is -2.04. The van der Waals surface area contributed by atoms with E-state index >= 15 is 0 Å². The zero-order valence-corrected chi connectivity index (χ0v) is 13.8. The average molecular weight is 366 g/mol. The van der Waals surface area contributed by atoms with Crippen LogP contribution in [0.1, 0.15) is 16.8 Å². The highest BCUT2D eigenvalue weighted by molar-refractivity contribution is 9.10. The normalized spacial score (nSPS) is 10.5. The molecule has 22 heavy (non-hydrogen) atoms. The first-order chi connectivity index (χ1) is 10.4. The predicted molar refractivity (Wildman–Crippen MR) is 88.6 cm³/mol. The maximum atomic E-state index is 11.3. The van der Waals surface area contributed by atoms with Crippen LogP contribution in [0.4, 0.5) is 17.2 Å². The standard InChI is InChI=1S/C15H16BrN3O3/c1-9-13(16)10(2)17-15(14(9)19(21)22)18-12-5-3-11(4-6-12)7-8-20/h3-6,20H,7-8H2,1-2H3,(H,17,18). The molecule has 2 N–H and O–H groups in total. The Morgan fingerprint density at radius 1 is 1.32 bits per heavy atom. The molecule has 0 atom stereocenters. The minimum absolute atomic E-state index is 0.0445. The first kappa shape index (κ1) is 16.4. The molecule has 0 aliphatic carbocycles. The van der Waals surface area contributed by atoms with E-state index in [0.29, 0.717) is 27.8 Å². The van der Waals surface area contributed by atoms with Gasteiger partial charge < -0.3 is 10.4 Å². The molecule has 0 unspecified atom stereocenters. The predicted octanol–water partition coefficient (Wildman–Crippen LogP) is 3.65. The molecular formula is C15H16BrN3O3. The quantitative estimate of drug-likeness (QED) is 0.623. The van der Waals surface area contributed by atoms with Crippen molar-refractivity contribution in [1.82, 2.24) is 4.98 Å². The molecule has 7 heteroatoms. The van der Waals surface area contributed by atoms with E-state index in [2.05, 4.69) is 26.2 Å². The fourth-order valence-electron chi connectivity index (χ4n) is 2.15. The third kappa shape index (κ3) is 3.42. The van der Waals surface area contributed by atoms with Crippen LogP contribution in [0.3, 0.4) is 0 Å². The Hall–Kier alpha value is -1.99. The van der Waals surface area contributed by atoms with E-state index in [1.165, 1.54) is 0 Å². The van der Waals surface area contributed by atoms with Crippen LogP contribution in [-0.2, 0) is 6.42 Å². The molecule has 0 radical (unpaired) electrons. The average Bonchev–Trinajstić information content (AvgIpc) is 2.47. The topological polar surface area (TPSA) is 88.3 Å². The second-order valence-corrected chi connectivity index (χ2v) is 5.68. The van der Waals surface area contributed by atoms with Gasteiger partial charge in [0.15, 0.2) is 0 Å². The van der Waals surface area contributed by atoms with Gasteiger partial charge in [-0.25, -0.2) is 4.98 Å². The van der Waals surface area contributed by atoms with Gasteiger partial charge in [0, 0.05) is 22.3 Å². The molecule has 0 aliphatic rings. The Bertz CT molecular complexity index is 702. The Morgan fingerprint density at radius 3 is 2.50 bits per heavy atom. The maximum absolute atomic E-state index is 11.3. The molecule has 6 nitrogen and oxygen atoms in total. The minimum atomic E-state index is -0.436. The molecule has 0 saturated carbocycles. The Balaban J connectivity index is 2.38. The third-order valence-corrected chi connectivity index (χ3v) is 4.47. The lowest BCUT2D eigenvalue weighted by Gasteiger charge is -2.11. The molecule has 116 valence electrons. The fraction of sp³-hybridized carbons (Fsp3) is 0.267. The van der Waals surface area contributed by atoms with Gasteiger partial charge in [-0.3, -0.25) is 10.1 Å². The van der Waals surface area contributed by atoms with Gasteiger partial charge in [-0.05, 0) is 53.9 Å². The third-order valence-electron chi connectivity index (χ3n) is 3.31. The summed E-state index contributed by atoms with van der Waals surface area (Å²) >= 11 is 3.33. The summed E-state index contributed by atoms with van der Waals surface area (Å²) in [5.74, 6) is 0.220. The van der Waals surface area contributed by atoms with Crippen molar-refractivity contribution in [3.8, 4) is 0 Å². The van der Waals surface area contributed by atoms with E-state index in [-0.39, 0.29) is 18.1 Å². The molecule has 2 aromatic rings. The fourth-order valence-corrected chi connectivity index (χ4v) is 2.43. The van der Waals surface area contributed by atoms with Crippen LogP contribution in [0.15, 0.2) is 28.7 Å². The van der Waals surface area contributed by atoms with Crippen LogP contribution in [-0.4, -0.2) is 21.6 Å². The lowest BCUT2D eigenvalue weighted by molar-refractivity contribution is -0.384. The number of nitrogens with zero attached hydrogens (tertiary/aromatic N) is 2. The molecular weight excluding hydrogens is 350 g/mol. The number of aliphatic hydroxyl groups excluding tert-OH is 1. The smallest absolute Gasteiger partial charge is 0.315 e. The summed E-state index contributed by atoms with van der Waals surface area (Å²) < 4.78 is 0.642. The summed E-state index contributed by atoms with van der Waals surface area (Å²) in [5, 5.41) is 23.2. The highest BCUT2D eigenvalue weighted by atomic mass is 79.9. The zero-order chi connectivity index (χ0) is 16.3. The largest absolute Gasteiger partial charge is 0.396 e. The summed E-state index contributed by atoms with van der Waals surface area (Å²) in [4.78, 5) is 15.1. The van der Waals surface area contributed by atoms with Crippen molar-refractivity contribution in [2.45, 2.75) is 20.3 Å². The summed E-state index contributed by atoms with van der Waals surface area (Å²) in [5.41, 5.74) is 2.88. The number of aryl methyl sites for hydroxylation is 1. The van der Waals surface area contributed by atoms with Crippen LogP contribution in [0.2, 0.25) is 0 Å². The number of aromatic nitrogens is 1. The van der Waals surface area contributed by atoms with Crippen molar-refractivity contribution < 1.29 is 10.0 Å². The number of nitro groups is 1. The first-order valence-corrected chi connectivity index (χ1v) is 7.51. The molecule has 0 saturated heterocycles. The molecule has 0 amide bonds. The van der Waals surface area contributed by atoms with Gasteiger partial charge in [-0.15, -0.1) is 0 Å². The van der Waals surface area contributed by atoms with E-state index in [1.807, 2.05) is 24.3 Å². The van der Waals surface area contributed by atoms with Crippen molar-refractivity contribution >= 4 is 33.1 Å². The maximum Gasteiger partial charge on any atom is 0.315 e. The molecule has 0 spiro atoms. The van der Waals surface area contributed by atoms with Gasteiger partial charge in [0.25, 0.3) is 0 Å². The van der Waals surface area contributed by atoms with E-state index in [1.54, 1.807) is 13.8 Å². The summed E-state index contributed by atoms with van der Waals surface area (Å²) in [7, 11) is 0. The Labute approximate surface area is 136 Å². The van der Waals surface area contributed by atoms with Crippen LogP contribution in [0.25, 0.3) is 0 Å². The van der Waals surface area contributed by atoms with Gasteiger partial charge in [0.2, 0.25) is 5.82 Å². The van der Waals surface area contributed by atoms with Crippen LogP contribution in [0.5, 0.6) is 0 Å². The van der Waals surface area contributed by atoms with E-state index in [0.717, 1.165) is 5.56 Å². The molecule has 1 heterocycles. The van der Waals surface area contributed by atoms with Gasteiger partial charge in [-0.1, -0.05) is 12.1 Å². The second-order valence-electron chi connectivity index (χ2n) is 4.89. The second kappa shape index (κ2) is 6.85. The number of anilines is 2. The van der Waals surface area contributed by atoms with Gasteiger partial charge in [0.1, 0.15) is 0 Å². The van der Waals surface area contributed by atoms with Gasteiger partial charge in [0.05, 0.1) is 10.6 Å². The van der Waals surface area contributed by atoms with Crippen molar-refractivity contribution in [1.29, 1.82) is 0 Å². The Kier molecular flexibility index (Phi) is 5.10. The van der Waals surface area contributed by atoms with E-state index in [4.69, 9.17) is 5.11 Å². The number of halogens is 1. The number of nitrogens with one attached hydrogen (secondary N) is 1. The SMILES string of the molecule is Cc1nc(Nc2ccc(CCO)cc2)c([N+](=O)[O-])c(C)c1Br. The number of benzene rings is 1. The summed E-state index contributed by atoms with van der Waals surface area (Å²) in [6.07, 6.45) is 0.579. The van der Waals surface area contributed by atoms with Crippen molar-refractivity contribution in [3.63, 3.8) is 0 Å². The zero-order valence-electron chi connectivity index (χ0n) is 12.3. The highest BCUT2D eigenvalue weighted by Gasteiger charge is 2.23. The van der Waals surface area contributed by atoms with Crippen LogP contribution >= 0.6 is 15.9 Å². The molecule has 1 aromatic heterocycles.